The highest BCUT2D eigenvalue weighted by Gasteiger charge is 2.18. The van der Waals surface area contributed by atoms with Gasteiger partial charge in [-0.25, -0.2) is 0 Å². The van der Waals surface area contributed by atoms with E-state index >= 15 is 0 Å². The lowest BCUT2D eigenvalue weighted by Gasteiger charge is -2.05. The minimum atomic E-state index is 0.926. The summed E-state index contributed by atoms with van der Waals surface area (Å²) >= 11 is 0. The van der Waals surface area contributed by atoms with Gasteiger partial charge in [-0.3, -0.25) is 5.10 Å². The molecule has 104 valence electrons. The predicted molar refractivity (Wildman–Crippen MR) is 83.0 cm³/mol. The summed E-state index contributed by atoms with van der Waals surface area (Å²) in [5, 5.41) is 12.1. The Kier molecular flexibility index (Phi) is 3.32. The van der Waals surface area contributed by atoms with Gasteiger partial charge in [0.25, 0.3) is 0 Å². The molecule has 20 heavy (non-hydrogen) atoms. The monoisotopic (exact) mass is 268 g/mol. The Hall–Kier alpha value is -2.07. The van der Waals surface area contributed by atoms with Crippen LogP contribution in [0.2, 0.25) is 0 Å². The van der Waals surface area contributed by atoms with Crippen molar-refractivity contribution in [1.29, 1.82) is 0 Å². The number of rotatable bonds is 4. The number of fused-ring (bicyclic) bond motifs is 1. The van der Waals surface area contributed by atoms with Crippen molar-refractivity contribution in [3.8, 4) is 11.1 Å². The number of hydrogen-bond acceptors (Lipinski definition) is 2. The molecule has 0 fully saturated rings. The molecular formula is C16H20N4. The highest BCUT2D eigenvalue weighted by Crippen LogP contribution is 2.35. The third kappa shape index (κ3) is 2.02. The number of nitrogens with one attached hydrogen (secondary N) is 3. The third-order valence-electron chi connectivity index (χ3n) is 3.78. The van der Waals surface area contributed by atoms with E-state index in [0.717, 1.165) is 24.4 Å². The van der Waals surface area contributed by atoms with Crippen molar-refractivity contribution in [2.45, 2.75) is 20.3 Å². The Morgan fingerprint density at radius 2 is 1.90 bits per heavy atom. The van der Waals surface area contributed by atoms with E-state index < -0.39 is 0 Å². The summed E-state index contributed by atoms with van der Waals surface area (Å²) in [5.74, 6) is 0. The van der Waals surface area contributed by atoms with E-state index in [1.165, 1.54) is 27.7 Å². The number of aryl methyl sites for hydroxylation is 2. The SMILES string of the molecule is CNCCc1n[nH]c(C)c1-c1c(C)[nH]c2ccccc12. The number of H-pyrrole nitrogens is 2. The summed E-state index contributed by atoms with van der Waals surface area (Å²) in [7, 11) is 1.97. The molecule has 3 N–H and O–H groups in total. The molecule has 4 heteroatoms. The third-order valence-corrected chi connectivity index (χ3v) is 3.78. The van der Waals surface area contributed by atoms with Crippen LogP contribution in [0.15, 0.2) is 24.3 Å². The summed E-state index contributed by atoms with van der Waals surface area (Å²) in [4.78, 5) is 3.47. The van der Waals surface area contributed by atoms with Crippen LogP contribution in [0, 0.1) is 13.8 Å². The number of nitrogens with zero attached hydrogens (tertiary/aromatic N) is 1. The smallest absolute Gasteiger partial charge is 0.0716 e. The van der Waals surface area contributed by atoms with Crippen LogP contribution in [-0.4, -0.2) is 28.8 Å². The van der Waals surface area contributed by atoms with Crippen LogP contribution < -0.4 is 5.32 Å². The first-order chi connectivity index (χ1) is 9.72. The number of aromatic amines is 2. The van der Waals surface area contributed by atoms with Crippen molar-refractivity contribution >= 4 is 10.9 Å². The van der Waals surface area contributed by atoms with Gasteiger partial charge in [0.05, 0.1) is 5.69 Å². The van der Waals surface area contributed by atoms with Gasteiger partial charge in [0.15, 0.2) is 0 Å². The lowest BCUT2D eigenvalue weighted by atomic mass is 9.99. The van der Waals surface area contributed by atoms with Crippen LogP contribution in [0.1, 0.15) is 17.1 Å². The number of para-hydroxylation sites is 1. The quantitative estimate of drug-likeness (QED) is 0.681. The Labute approximate surface area is 118 Å². The minimum Gasteiger partial charge on any atom is -0.358 e. The van der Waals surface area contributed by atoms with E-state index in [4.69, 9.17) is 0 Å². The number of likely N-dealkylation sites (N-methyl/N-ethyl adjacent to an activating group) is 1. The molecule has 0 unspecified atom stereocenters. The Bertz CT molecular complexity index is 736. The van der Waals surface area contributed by atoms with Gasteiger partial charge in [0, 0.05) is 46.4 Å². The maximum absolute atomic E-state index is 4.48. The molecule has 2 heterocycles. The zero-order valence-corrected chi connectivity index (χ0v) is 12.2. The fourth-order valence-electron chi connectivity index (χ4n) is 2.83. The first kappa shape index (κ1) is 12.9. The molecule has 0 radical (unpaired) electrons. The minimum absolute atomic E-state index is 0.926. The summed E-state index contributed by atoms with van der Waals surface area (Å²) in [6.45, 7) is 5.15. The molecule has 0 aliphatic heterocycles. The van der Waals surface area contributed by atoms with E-state index in [1.54, 1.807) is 0 Å². The second kappa shape index (κ2) is 5.13. The Morgan fingerprint density at radius 1 is 1.10 bits per heavy atom. The van der Waals surface area contributed by atoms with Crippen molar-refractivity contribution in [2.24, 2.45) is 0 Å². The first-order valence-electron chi connectivity index (χ1n) is 6.98. The van der Waals surface area contributed by atoms with Crippen LogP contribution in [0.5, 0.6) is 0 Å². The average Bonchev–Trinajstić information content (AvgIpc) is 2.96. The molecule has 4 nitrogen and oxygen atoms in total. The van der Waals surface area contributed by atoms with Crippen molar-refractivity contribution in [3.05, 3.63) is 41.3 Å². The summed E-state index contributed by atoms with van der Waals surface area (Å²) < 4.78 is 0. The Morgan fingerprint density at radius 3 is 2.70 bits per heavy atom. The van der Waals surface area contributed by atoms with E-state index in [-0.39, 0.29) is 0 Å². The van der Waals surface area contributed by atoms with Gasteiger partial charge in [-0.2, -0.15) is 5.10 Å². The summed E-state index contributed by atoms with van der Waals surface area (Å²) in [6, 6.07) is 8.44. The number of hydrogen-bond donors (Lipinski definition) is 3. The van der Waals surface area contributed by atoms with Crippen LogP contribution in [0.3, 0.4) is 0 Å². The molecule has 0 saturated carbocycles. The second-order valence-corrected chi connectivity index (χ2v) is 5.19. The van der Waals surface area contributed by atoms with Crippen molar-refractivity contribution < 1.29 is 0 Å². The molecule has 2 aromatic heterocycles. The molecule has 0 amide bonds. The van der Waals surface area contributed by atoms with Crippen molar-refractivity contribution in [1.82, 2.24) is 20.5 Å². The zero-order valence-electron chi connectivity index (χ0n) is 12.2. The molecule has 3 aromatic rings. The van der Waals surface area contributed by atoms with Gasteiger partial charge in [-0.05, 0) is 27.0 Å². The van der Waals surface area contributed by atoms with Gasteiger partial charge in [-0.1, -0.05) is 18.2 Å². The van der Waals surface area contributed by atoms with E-state index in [9.17, 15) is 0 Å². The number of benzene rings is 1. The summed E-state index contributed by atoms with van der Waals surface area (Å²) in [5.41, 5.74) is 7.16. The predicted octanol–water partition coefficient (Wildman–Crippen LogP) is 2.94. The van der Waals surface area contributed by atoms with Crippen molar-refractivity contribution in [2.75, 3.05) is 13.6 Å². The lowest BCUT2D eigenvalue weighted by Crippen LogP contribution is -2.11. The standard InChI is InChI=1S/C16H20N4/c1-10-15(12-6-4-5-7-13(12)18-10)16-11(2)19-20-14(16)8-9-17-3/h4-7,17-18H,8-9H2,1-3H3,(H,19,20). The molecule has 0 atom stereocenters. The van der Waals surface area contributed by atoms with Gasteiger partial charge in [0.2, 0.25) is 0 Å². The fraction of sp³-hybridized carbons (Fsp3) is 0.312. The van der Waals surface area contributed by atoms with Crippen LogP contribution in [-0.2, 0) is 6.42 Å². The van der Waals surface area contributed by atoms with Crippen LogP contribution >= 0.6 is 0 Å². The largest absolute Gasteiger partial charge is 0.358 e. The van der Waals surface area contributed by atoms with Gasteiger partial charge in [0.1, 0.15) is 0 Å². The summed E-state index contributed by atoms with van der Waals surface area (Å²) in [6.07, 6.45) is 0.926. The molecule has 0 aliphatic rings. The average molecular weight is 268 g/mol. The van der Waals surface area contributed by atoms with Gasteiger partial charge in [-0.15, -0.1) is 0 Å². The highest BCUT2D eigenvalue weighted by molar-refractivity contribution is 5.98. The van der Waals surface area contributed by atoms with Gasteiger partial charge >= 0.3 is 0 Å². The van der Waals surface area contributed by atoms with E-state index in [1.807, 2.05) is 7.05 Å². The zero-order chi connectivity index (χ0) is 14.1. The first-order valence-corrected chi connectivity index (χ1v) is 6.98. The van der Waals surface area contributed by atoms with Crippen molar-refractivity contribution in [3.63, 3.8) is 0 Å². The lowest BCUT2D eigenvalue weighted by molar-refractivity contribution is 0.773. The normalized spacial score (nSPS) is 11.3. The molecule has 0 saturated heterocycles. The maximum atomic E-state index is 4.48. The molecular weight excluding hydrogens is 248 g/mol. The van der Waals surface area contributed by atoms with E-state index in [2.05, 4.69) is 58.6 Å². The topological polar surface area (TPSA) is 56.5 Å². The number of aromatic nitrogens is 3. The Balaban J connectivity index is 2.20. The molecule has 0 bridgehead atoms. The van der Waals surface area contributed by atoms with Gasteiger partial charge < -0.3 is 10.3 Å². The molecule has 0 spiro atoms. The second-order valence-electron chi connectivity index (χ2n) is 5.19. The maximum Gasteiger partial charge on any atom is 0.0716 e. The van der Waals surface area contributed by atoms with Crippen LogP contribution in [0.4, 0.5) is 0 Å². The molecule has 0 aliphatic carbocycles. The molecule has 1 aromatic carbocycles. The highest BCUT2D eigenvalue weighted by atomic mass is 15.1. The van der Waals surface area contributed by atoms with E-state index in [0.29, 0.717) is 0 Å². The fourth-order valence-corrected chi connectivity index (χ4v) is 2.83. The van der Waals surface area contributed by atoms with Crippen LogP contribution in [0.25, 0.3) is 22.0 Å². The molecule has 3 rings (SSSR count).